The van der Waals surface area contributed by atoms with E-state index in [0.717, 1.165) is 22.6 Å². The molecule has 1 heterocycles. The summed E-state index contributed by atoms with van der Waals surface area (Å²) in [5.74, 6) is 0.160. The smallest absolute Gasteiger partial charge is 0.220 e. The van der Waals surface area contributed by atoms with Crippen LogP contribution in [0, 0.1) is 0 Å². The predicted octanol–water partition coefficient (Wildman–Crippen LogP) is -1.60. The SMILES string of the molecule is [NH3+]Cc1cc(COc2ccc(CCNC(=O)CC[C@H]([NH3+])C(=O)[O-])cc2)co1. The molecule has 0 saturated carbocycles. The first kappa shape index (κ1) is 20.5. The molecule has 0 radical (unpaired) electrons. The van der Waals surface area contributed by atoms with E-state index in [0.29, 0.717) is 26.1 Å². The van der Waals surface area contributed by atoms with Crippen LogP contribution >= 0.6 is 0 Å². The lowest BCUT2D eigenvalue weighted by Crippen LogP contribution is -2.68. The molecule has 8 nitrogen and oxygen atoms in total. The van der Waals surface area contributed by atoms with E-state index in [1.54, 1.807) is 6.26 Å². The van der Waals surface area contributed by atoms with E-state index in [-0.39, 0.29) is 18.7 Å². The van der Waals surface area contributed by atoms with Crippen molar-refractivity contribution in [3.63, 3.8) is 0 Å². The predicted molar refractivity (Wildman–Crippen MR) is 93.7 cm³/mol. The number of rotatable bonds is 11. The number of furan rings is 1. The molecule has 0 bridgehead atoms. The van der Waals surface area contributed by atoms with Gasteiger partial charge in [-0.25, -0.2) is 0 Å². The van der Waals surface area contributed by atoms with Gasteiger partial charge in [0.2, 0.25) is 5.91 Å². The van der Waals surface area contributed by atoms with Gasteiger partial charge in [0.05, 0.1) is 12.2 Å². The van der Waals surface area contributed by atoms with E-state index in [1.165, 1.54) is 0 Å². The van der Waals surface area contributed by atoms with Crippen LogP contribution in [-0.4, -0.2) is 24.5 Å². The van der Waals surface area contributed by atoms with Gasteiger partial charge in [0.1, 0.15) is 24.9 Å². The number of benzene rings is 1. The number of carbonyl (C=O) groups is 2. The molecule has 0 unspecified atom stereocenters. The molecule has 0 aliphatic rings. The number of hydrogen-bond donors (Lipinski definition) is 3. The summed E-state index contributed by atoms with van der Waals surface area (Å²) in [7, 11) is 0. The quantitative estimate of drug-likeness (QED) is 0.432. The Labute approximate surface area is 157 Å². The number of amides is 1. The molecule has 27 heavy (non-hydrogen) atoms. The van der Waals surface area contributed by atoms with Crippen molar-refractivity contribution >= 4 is 11.9 Å². The molecule has 0 aliphatic carbocycles. The second-order valence-corrected chi connectivity index (χ2v) is 6.26. The van der Waals surface area contributed by atoms with Crippen LogP contribution in [0.25, 0.3) is 0 Å². The van der Waals surface area contributed by atoms with Crippen molar-refractivity contribution in [1.82, 2.24) is 5.32 Å². The lowest BCUT2D eigenvalue weighted by molar-refractivity contribution is -0.438. The lowest BCUT2D eigenvalue weighted by atomic mass is 10.1. The highest BCUT2D eigenvalue weighted by Crippen LogP contribution is 2.15. The zero-order valence-electron chi connectivity index (χ0n) is 15.2. The fourth-order valence-electron chi connectivity index (χ4n) is 2.41. The van der Waals surface area contributed by atoms with E-state index in [4.69, 9.17) is 9.15 Å². The van der Waals surface area contributed by atoms with Crippen LogP contribution < -0.4 is 26.6 Å². The molecule has 1 aromatic heterocycles. The monoisotopic (exact) mass is 376 g/mol. The van der Waals surface area contributed by atoms with Gasteiger partial charge < -0.3 is 35.8 Å². The Bertz CT molecular complexity index is 742. The Morgan fingerprint density at radius 3 is 2.59 bits per heavy atom. The van der Waals surface area contributed by atoms with Gasteiger partial charge in [-0.3, -0.25) is 4.79 Å². The van der Waals surface area contributed by atoms with Gasteiger partial charge in [-0.15, -0.1) is 0 Å². The van der Waals surface area contributed by atoms with Crippen molar-refractivity contribution in [1.29, 1.82) is 0 Å². The second-order valence-electron chi connectivity index (χ2n) is 6.26. The average Bonchev–Trinajstić information content (AvgIpc) is 3.13. The molecule has 1 aromatic carbocycles. The number of carboxylic acids is 1. The van der Waals surface area contributed by atoms with Gasteiger partial charge in [0.15, 0.2) is 5.76 Å². The zero-order valence-corrected chi connectivity index (χ0v) is 15.2. The number of carboxylic acid groups (broad SMARTS) is 1. The maximum atomic E-state index is 11.7. The molecular weight excluding hydrogens is 350 g/mol. The fraction of sp³-hybridized carbons (Fsp3) is 0.368. The minimum absolute atomic E-state index is 0.124. The van der Waals surface area contributed by atoms with Crippen LogP contribution in [0.2, 0.25) is 0 Å². The highest BCUT2D eigenvalue weighted by atomic mass is 16.5. The molecule has 0 fully saturated rings. The number of ether oxygens (including phenoxy) is 1. The van der Waals surface area contributed by atoms with Crippen molar-refractivity contribution in [3.8, 4) is 5.75 Å². The topological polar surface area (TPSA) is 147 Å². The molecule has 0 spiro atoms. The van der Waals surface area contributed by atoms with Crippen LogP contribution in [0.1, 0.15) is 29.7 Å². The summed E-state index contributed by atoms with van der Waals surface area (Å²) in [4.78, 5) is 22.2. The highest BCUT2D eigenvalue weighted by molar-refractivity contribution is 5.77. The summed E-state index contributed by atoms with van der Waals surface area (Å²) >= 11 is 0. The Morgan fingerprint density at radius 2 is 1.96 bits per heavy atom. The van der Waals surface area contributed by atoms with Crippen molar-refractivity contribution in [2.45, 2.75) is 38.5 Å². The van der Waals surface area contributed by atoms with Crippen molar-refractivity contribution in [3.05, 3.63) is 53.5 Å². The van der Waals surface area contributed by atoms with E-state index in [2.05, 4.69) is 16.8 Å². The van der Waals surface area contributed by atoms with E-state index in [1.807, 2.05) is 30.3 Å². The molecule has 0 saturated heterocycles. The Morgan fingerprint density at radius 1 is 1.22 bits per heavy atom. The molecule has 1 atom stereocenters. The van der Waals surface area contributed by atoms with Crippen molar-refractivity contribution < 1.29 is 35.3 Å². The zero-order chi connectivity index (χ0) is 19.6. The van der Waals surface area contributed by atoms with Crippen LogP contribution in [0.4, 0.5) is 0 Å². The third-order valence-corrected chi connectivity index (χ3v) is 4.07. The summed E-state index contributed by atoms with van der Waals surface area (Å²) in [6.45, 7) is 1.52. The first-order valence-electron chi connectivity index (χ1n) is 8.86. The summed E-state index contributed by atoms with van der Waals surface area (Å²) in [5, 5.41) is 13.3. The molecule has 146 valence electrons. The van der Waals surface area contributed by atoms with Crippen molar-refractivity contribution in [2.75, 3.05) is 6.54 Å². The van der Waals surface area contributed by atoms with E-state index >= 15 is 0 Å². The minimum Gasteiger partial charge on any atom is -0.544 e. The number of carbonyl (C=O) groups excluding carboxylic acids is 2. The third-order valence-electron chi connectivity index (χ3n) is 4.07. The summed E-state index contributed by atoms with van der Waals surface area (Å²) < 4.78 is 11.0. The molecule has 2 aromatic rings. The summed E-state index contributed by atoms with van der Waals surface area (Å²) in [6, 6.07) is 8.71. The van der Waals surface area contributed by atoms with Crippen LogP contribution in [-0.2, 0) is 29.2 Å². The van der Waals surface area contributed by atoms with Crippen molar-refractivity contribution in [2.24, 2.45) is 0 Å². The molecular formula is C19H26N3O5+. The number of hydrogen-bond acceptors (Lipinski definition) is 5. The molecule has 2 rings (SSSR count). The molecule has 8 heteroatoms. The van der Waals surface area contributed by atoms with E-state index in [9.17, 15) is 14.7 Å². The number of aliphatic carboxylic acids is 1. The summed E-state index contributed by atoms with van der Waals surface area (Å²) in [6.07, 6.45) is 2.64. The minimum atomic E-state index is -1.24. The van der Waals surface area contributed by atoms with Crippen LogP contribution in [0.5, 0.6) is 5.75 Å². The highest BCUT2D eigenvalue weighted by Gasteiger charge is 2.10. The average molecular weight is 376 g/mol. The van der Waals surface area contributed by atoms with Crippen LogP contribution in [0.3, 0.4) is 0 Å². The third kappa shape index (κ3) is 7.12. The normalized spacial score (nSPS) is 11.8. The van der Waals surface area contributed by atoms with Gasteiger partial charge in [0.25, 0.3) is 0 Å². The molecule has 1 amide bonds. The molecule has 7 N–H and O–H groups in total. The van der Waals surface area contributed by atoms with Gasteiger partial charge >= 0.3 is 0 Å². The van der Waals surface area contributed by atoms with Gasteiger partial charge in [-0.05, 0) is 30.2 Å². The Kier molecular flexibility index (Phi) is 7.84. The van der Waals surface area contributed by atoms with Gasteiger partial charge in [-0.1, -0.05) is 12.1 Å². The Balaban J connectivity index is 1.67. The van der Waals surface area contributed by atoms with Gasteiger partial charge in [0, 0.05) is 24.9 Å². The first-order valence-corrected chi connectivity index (χ1v) is 8.86. The number of nitrogens with one attached hydrogen (secondary N) is 1. The van der Waals surface area contributed by atoms with Crippen LogP contribution in [0.15, 0.2) is 41.0 Å². The Hall–Kier alpha value is -2.84. The molecule has 0 aliphatic heterocycles. The maximum Gasteiger partial charge on any atom is 0.220 e. The maximum absolute atomic E-state index is 11.7. The standard InChI is InChI=1S/C19H25N3O5/c20-10-16-9-14(12-27-16)11-26-15-3-1-13(2-4-15)7-8-22-18(23)6-5-17(21)19(24)25/h1-4,9,12,17H,5-8,10-11,20-21H2,(H,22,23)(H,24,25)/p+1/t17-/m0/s1. The van der Waals surface area contributed by atoms with Gasteiger partial charge in [-0.2, -0.15) is 0 Å². The van der Waals surface area contributed by atoms with E-state index < -0.39 is 12.0 Å². The fourth-order valence-corrected chi connectivity index (χ4v) is 2.41. The second kappa shape index (κ2) is 10.3. The number of quaternary nitrogens is 2. The largest absolute Gasteiger partial charge is 0.544 e. The summed E-state index contributed by atoms with van der Waals surface area (Å²) in [5.41, 5.74) is 9.22. The first-order chi connectivity index (χ1) is 13.0. The lowest BCUT2D eigenvalue weighted by Gasteiger charge is -2.10.